The fourth-order valence-electron chi connectivity index (χ4n) is 2.70. The molecule has 0 unspecified atom stereocenters. The maximum absolute atomic E-state index is 11.7. The second-order valence-electron chi connectivity index (χ2n) is 8.03. The van der Waals surface area contributed by atoms with Crippen LogP contribution in [0.3, 0.4) is 0 Å². The maximum atomic E-state index is 11.7. The van der Waals surface area contributed by atoms with Gasteiger partial charge in [0.15, 0.2) is 0 Å². The number of carbonyl (C=O) groups is 7. The summed E-state index contributed by atoms with van der Waals surface area (Å²) in [5.74, 6) is -3.12. The number of amides is 4. The van der Waals surface area contributed by atoms with Crippen molar-refractivity contribution in [2.75, 3.05) is 32.8 Å². The number of rotatable bonds is 21. The van der Waals surface area contributed by atoms with E-state index in [0.717, 1.165) is 32.1 Å². The summed E-state index contributed by atoms with van der Waals surface area (Å²) < 4.78 is 9.62. The third-order valence-corrected chi connectivity index (χ3v) is 4.66. The first kappa shape index (κ1) is 32.5. The van der Waals surface area contributed by atoms with Gasteiger partial charge in [0.25, 0.3) is 0 Å². The van der Waals surface area contributed by atoms with Gasteiger partial charge in [0.2, 0.25) is 23.6 Å². The monoisotopic (exact) mass is 514 g/mol. The topological polar surface area (TPSA) is 200 Å². The van der Waals surface area contributed by atoms with E-state index < -0.39 is 23.8 Å². The van der Waals surface area contributed by atoms with Crippen molar-refractivity contribution in [2.24, 2.45) is 5.73 Å². The van der Waals surface area contributed by atoms with Crippen molar-refractivity contribution in [3.05, 3.63) is 0 Å². The molecule has 0 aromatic carbocycles. The van der Waals surface area contributed by atoms with Crippen molar-refractivity contribution < 1.29 is 43.0 Å². The fourth-order valence-corrected chi connectivity index (χ4v) is 2.70. The summed E-state index contributed by atoms with van der Waals surface area (Å²) >= 11 is 0. The molecule has 5 N–H and O–H groups in total. The maximum Gasteiger partial charge on any atom is 0.306 e. The first-order valence-corrected chi connectivity index (χ1v) is 12.0. The van der Waals surface area contributed by atoms with Gasteiger partial charge in [0.05, 0.1) is 25.9 Å². The van der Waals surface area contributed by atoms with Crippen molar-refractivity contribution in [3.63, 3.8) is 0 Å². The molecule has 0 aliphatic rings. The van der Waals surface area contributed by atoms with Crippen LogP contribution in [0.2, 0.25) is 0 Å². The summed E-state index contributed by atoms with van der Waals surface area (Å²) in [4.78, 5) is 79.5. The number of hydrogen-bond acceptors (Lipinski definition) is 9. The SMILES string of the molecule is CC(=O)CCC(=O)OCCOC(=O)CCC(=O)NCC(=O)NCC(=O)NCCCCCCCC(N)=O. The largest absolute Gasteiger partial charge is 0.462 e. The number of esters is 2. The predicted octanol–water partition coefficient (Wildman–Crippen LogP) is -0.603. The minimum Gasteiger partial charge on any atom is -0.462 e. The van der Waals surface area contributed by atoms with E-state index in [1.807, 2.05) is 0 Å². The van der Waals surface area contributed by atoms with Gasteiger partial charge >= 0.3 is 11.9 Å². The van der Waals surface area contributed by atoms with Gasteiger partial charge in [0.1, 0.15) is 19.0 Å². The molecule has 204 valence electrons. The number of hydrogen-bond donors (Lipinski definition) is 4. The van der Waals surface area contributed by atoms with Crippen LogP contribution in [0.5, 0.6) is 0 Å². The number of nitrogens with two attached hydrogens (primary N) is 1. The summed E-state index contributed by atoms with van der Waals surface area (Å²) in [5.41, 5.74) is 5.06. The van der Waals surface area contributed by atoms with Gasteiger partial charge in [-0.3, -0.25) is 28.8 Å². The van der Waals surface area contributed by atoms with Crippen molar-refractivity contribution in [1.82, 2.24) is 16.0 Å². The van der Waals surface area contributed by atoms with Crippen LogP contribution in [0, 0.1) is 0 Å². The van der Waals surface area contributed by atoms with E-state index in [1.54, 1.807) is 0 Å². The molecule has 13 heteroatoms. The third-order valence-electron chi connectivity index (χ3n) is 4.66. The number of primary amides is 1. The zero-order valence-electron chi connectivity index (χ0n) is 20.9. The average molecular weight is 515 g/mol. The molecule has 0 aromatic heterocycles. The predicted molar refractivity (Wildman–Crippen MR) is 127 cm³/mol. The summed E-state index contributed by atoms with van der Waals surface area (Å²) in [5, 5.41) is 7.39. The fraction of sp³-hybridized carbons (Fsp3) is 0.696. The Morgan fingerprint density at radius 1 is 0.583 bits per heavy atom. The van der Waals surface area contributed by atoms with Crippen LogP contribution in [-0.4, -0.2) is 74.2 Å². The Bertz CT molecular complexity index is 756. The molecular formula is C23H38N4O9. The highest BCUT2D eigenvalue weighted by atomic mass is 16.6. The molecule has 0 fully saturated rings. The number of ketones is 1. The van der Waals surface area contributed by atoms with Crippen LogP contribution in [-0.2, 0) is 43.0 Å². The number of carbonyl (C=O) groups excluding carboxylic acids is 7. The molecule has 0 saturated carbocycles. The van der Waals surface area contributed by atoms with Gasteiger partial charge in [-0.25, -0.2) is 0 Å². The molecular weight excluding hydrogens is 476 g/mol. The second-order valence-corrected chi connectivity index (χ2v) is 8.03. The Hall–Kier alpha value is -3.51. The average Bonchev–Trinajstić information content (AvgIpc) is 2.82. The summed E-state index contributed by atoms with van der Waals surface area (Å²) in [6.07, 6.45) is 4.29. The van der Waals surface area contributed by atoms with E-state index in [9.17, 15) is 33.6 Å². The Morgan fingerprint density at radius 2 is 1.08 bits per heavy atom. The van der Waals surface area contributed by atoms with E-state index in [1.165, 1.54) is 6.92 Å². The third kappa shape index (κ3) is 22.3. The lowest BCUT2D eigenvalue weighted by Crippen LogP contribution is -2.42. The molecule has 0 spiro atoms. The summed E-state index contributed by atoms with van der Waals surface area (Å²) in [6.45, 7) is 0.941. The van der Waals surface area contributed by atoms with E-state index in [-0.39, 0.29) is 69.6 Å². The molecule has 0 aliphatic carbocycles. The van der Waals surface area contributed by atoms with Crippen molar-refractivity contribution in [2.45, 2.75) is 71.1 Å². The molecule has 0 bridgehead atoms. The molecule has 36 heavy (non-hydrogen) atoms. The molecule has 0 radical (unpaired) electrons. The van der Waals surface area contributed by atoms with Gasteiger partial charge in [-0.1, -0.05) is 19.3 Å². The molecule has 4 amide bonds. The number of unbranched alkanes of at least 4 members (excludes halogenated alkanes) is 4. The minimum atomic E-state index is -0.670. The van der Waals surface area contributed by atoms with E-state index >= 15 is 0 Å². The minimum absolute atomic E-state index is 0.0382. The molecule has 0 aromatic rings. The van der Waals surface area contributed by atoms with Crippen LogP contribution in [0.1, 0.15) is 71.1 Å². The number of nitrogens with one attached hydrogen (secondary N) is 3. The molecule has 0 heterocycles. The van der Waals surface area contributed by atoms with Crippen molar-refractivity contribution in [1.29, 1.82) is 0 Å². The molecule has 0 atom stereocenters. The van der Waals surface area contributed by atoms with Crippen LogP contribution in [0.4, 0.5) is 0 Å². The van der Waals surface area contributed by atoms with Gasteiger partial charge in [-0.05, 0) is 19.8 Å². The summed E-state index contributed by atoms with van der Waals surface area (Å²) in [7, 11) is 0. The van der Waals surface area contributed by atoms with E-state index in [2.05, 4.69) is 16.0 Å². The molecule has 0 aliphatic heterocycles. The number of ether oxygens (including phenoxy) is 2. The van der Waals surface area contributed by atoms with Crippen LogP contribution in [0.25, 0.3) is 0 Å². The highest BCUT2D eigenvalue weighted by Crippen LogP contribution is 2.04. The lowest BCUT2D eigenvalue weighted by Gasteiger charge is -2.08. The van der Waals surface area contributed by atoms with Crippen LogP contribution in [0.15, 0.2) is 0 Å². The van der Waals surface area contributed by atoms with Gasteiger partial charge in [-0.15, -0.1) is 0 Å². The van der Waals surface area contributed by atoms with E-state index in [4.69, 9.17) is 15.2 Å². The Morgan fingerprint density at radius 3 is 1.67 bits per heavy atom. The van der Waals surface area contributed by atoms with Crippen LogP contribution >= 0.6 is 0 Å². The zero-order chi connectivity index (χ0) is 27.2. The van der Waals surface area contributed by atoms with E-state index in [0.29, 0.717) is 13.0 Å². The Labute approximate surface area is 210 Å². The zero-order valence-corrected chi connectivity index (χ0v) is 20.9. The highest BCUT2D eigenvalue weighted by Gasteiger charge is 2.11. The van der Waals surface area contributed by atoms with Crippen molar-refractivity contribution >= 4 is 41.4 Å². The first-order chi connectivity index (χ1) is 17.1. The van der Waals surface area contributed by atoms with Gasteiger partial charge < -0.3 is 36.0 Å². The Balaban J connectivity index is 3.69. The lowest BCUT2D eigenvalue weighted by molar-refractivity contribution is -0.152. The van der Waals surface area contributed by atoms with Gasteiger partial charge in [0, 0.05) is 25.8 Å². The molecule has 0 saturated heterocycles. The standard InChI is InChI=1S/C23H38N4O9/c1-17(28)8-10-22(33)35-13-14-36-23(34)11-9-19(30)26-16-21(32)27-15-20(31)25-12-6-4-2-3-5-7-18(24)29/h2-16H2,1H3,(H2,24,29)(H,25,31)(H,26,30)(H,27,32). The molecule has 13 nitrogen and oxygen atoms in total. The number of Topliss-reactive ketones (excluding diaryl/α,β-unsaturated/α-hetero) is 1. The summed E-state index contributed by atoms with van der Waals surface area (Å²) in [6, 6.07) is 0. The Kier molecular flexibility index (Phi) is 18.8. The highest BCUT2D eigenvalue weighted by molar-refractivity contribution is 5.89. The van der Waals surface area contributed by atoms with Crippen molar-refractivity contribution in [3.8, 4) is 0 Å². The lowest BCUT2D eigenvalue weighted by atomic mass is 10.1. The quantitative estimate of drug-likeness (QED) is 0.114. The first-order valence-electron chi connectivity index (χ1n) is 12.0. The van der Waals surface area contributed by atoms with Crippen LogP contribution < -0.4 is 21.7 Å². The van der Waals surface area contributed by atoms with Gasteiger partial charge in [-0.2, -0.15) is 0 Å². The smallest absolute Gasteiger partial charge is 0.306 e. The molecule has 0 rings (SSSR count). The second kappa shape index (κ2) is 20.8. The normalized spacial score (nSPS) is 10.1.